The van der Waals surface area contributed by atoms with Crippen LogP contribution in [0.4, 0.5) is 5.00 Å². The van der Waals surface area contributed by atoms with Gasteiger partial charge in [0.15, 0.2) is 0 Å². The van der Waals surface area contributed by atoms with Gasteiger partial charge in [-0.1, -0.05) is 12.1 Å². The van der Waals surface area contributed by atoms with Crippen LogP contribution in [0.3, 0.4) is 0 Å². The Labute approximate surface area is 177 Å². The molecule has 0 unspecified atom stereocenters. The fourth-order valence-electron chi connectivity index (χ4n) is 4.75. The van der Waals surface area contributed by atoms with Crippen molar-refractivity contribution in [3.8, 4) is 6.07 Å². The Kier molecular flexibility index (Phi) is 4.93. The molecule has 1 fully saturated rings. The molecule has 3 aromatic rings. The second-order valence-corrected chi connectivity index (χ2v) is 9.15. The highest BCUT2D eigenvalue weighted by atomic mass is 32.1. The van der Waals surface area contributed by atoms with Crippen molar-refractivity contribution >= 4 is 33.3 Å². The number of para-hydroxylation sites is 2. The summed E-state index contributed by atoms with van der Waals surface area (Å²) in [6.07, 6.45) is 4.69. The van der Waals surface area contributed by atoms with E-state index in [2.05, 4.69) is 21.3 Å². The van der Waals surface area contributed by atoms with E-state index in [9.17, 15) is 14.9 Å². The number of anilines is 1. The molecule has 8 heteroatoms. The minimum absolute atomic E-state index is 0.0674. The van der Waals surface area contributed by atoms with E-state index in [4.69, 9.17) is 0 Å². The van der Waals surface area contributed by atoms with E-state index >= 15 is 0 Å². The molecule has 1 aliphatic carbocycles. The fraction of sp³-hybridized carbons (Fsp3) is 0.409. The summed E-state index contributed by atoms with van der Waals surface area (Å²) in [6.45, 7) is 1.83. The summed E-state index contributed by atoms with van der Waals surface area (Å²) >= 11 is 1.55. The molecule has 0 radical (unpaired) electrons. The van der Waals surface area contributed by atoms with Crippen molar-refractivity contribution in [1.82, 2.24) is 14.5 Å². The van der Waals surface area contributed by atoms with Gasteiger partial charge in [0.25, 0.3) is 0 Å². The van der Waals surface area contributed by atoms with Gasteiger partial charge < -0.3 is 10.3 Å². The van der Waals surface area contributed by atoms with Gasteiger partial charge in [-0.2, -0.15) is 5.26 Å². The average molecular weight is 422 g/mol. The maximum atomic E-state index is 12.6. The van der Waals surface area contributed by atoms with Gasteiger partial charge in [0.2, 0.25) is 5.91 Å². The van der Waals surface area contributed by atoms with E-state index in [-0.39, 0.29) is 17.6 Å². The molecule has 1 saturated heterocycles. The summed E-state index contributed by atoms with van der Waals surface area (Å²) in [5, 5.41) is 13.2. The number of nitrogens with zero attached hydrogens (tertiary/aromatic N) is 3. The number of fused-ring (bicyclic) bond motifs is 2. The zero-order valence-corrected chi connectivity index (χ0v) is 17.4. The lowest BCUT2D eigenvalue weighted by molar-refractivity contribution is -0.117. The molecule has 0 bridgehead atoms. The van der Waals surface area contributed by atoms with E-state index < -0.39 is 0 Å². The second kappa shape index (κ2) is 7.74. The molecule has 0 atom stereocenters. The first-order valence-corrected chi connectivity index (χ1v) is 11.2. The minimum Gasteiger partial charge on any atom is -0.315 e. The predicted octanol–water partition coefficient (Wildman–Crippen LogP) is 3.03. The van der Waals surface area contributed by atoms with Crippen molar-refractivity contribution in [2.24, 2.45) is 0 Å². The van der Waals surface area contributed by atoms with Crippen LogP contribution >= 0.6 is 11.3 Å². The molecule has 0 saturated carbocycles. The van der Waals surface area contributed by atoms with Crippen LogP contribution in [-0.4, -0.2) is 40.0 Å². The van der Waals surface area contributed by atoms with Crippen LogP contribution in [0.25, 0.3) is 11.0 Å². The number of likely N-dealkylation sites (tertiary alicyclic amines) is 1. The zero-order chi connectivity index (χ0) is 20.7. The molecule has 154 valence electrons. The number of carbonyl (C=O) groups is 1. The Morgan fingerprint density at radius 2 is 2.07 bits per heavy atom. The van der Waals surface area contributed by atoms with Gasteiger partial charge >= 0.3 is 5.69 Å². The van der Waals surface area contributed by atoms with Crippen LogP contribution in [0.1, 0.15) is 41.3 Å². The van der Waals surface area contributed by atoms with Crippen LogP contribution in [0.15, 0.2) is 29.1 Å². The Balaban J connectivity index is 1.22. The number of amides is 1. The van der Waals surface area contributed by atoms with Crippen molar-refractivity contribution in [2.75, 3.05) is 25.0 Å². The van der Waals surface area contributed by atoms with Gasteiger partial charge in [-0.25, -0.2) is 4.79 Å². The minimum atomic E-state index is -0.0749. The van der Waals surface area contributed by atoms with Crippen molar-refractivity contribution in [3.05, 3.63) is 50.8 Å². The number of aromatic nitrogens is 2. The zero-order valence-electron chi connectivity index (χ0n) is 16.6. The summed E-state index contributed by atoms with van der Waals surface area (Å²) in [4.78, 5) is 31.3. The Hall–Kier alpha value is -2.89. The second-order valence-electron chi connectivity index (χ2n) is 8.05. The molecule has 30 heavy (non-hydrogen) atoms. The third-order valence-electron chi connectivity index (χ3n) is 6.20. The lowest BCUT2D eigenvalue weighted by atomic mass is 10.0. The molecule has 0 spiro atoms. The van der Waals surface area contributed by atoms with Gasteiger partial charge in [-0.3, -0.25) is 14.3 Å². The number of carbonyl (C=O) groups excluding carboxylic acids is 1. The number of piperidine rings is 1. The number of thiophene rings is 1. The molecule has 1 amide bonds. The molecule has 7 nitrogen and oxygen atoms in total. The standard InChI is InChI=1S/C22H23N5O2S/c23-12-16-15-4-3-7-19(15)30-21(16)25-20(28)13-26-10-8-14(9-11-26)27-18-6-2-1-5-17(18)24-22(27)29/h1-2,5-6,14H,3-4,7-11,13H2,(H,24,29)(H,25,28). The van der Waals surface area contributed by atoms with Gasteiger partial charge in [-0.15, -0.1) is 11.3 Å². The first-order valence-electron chi connectivity index (χ1n) is 10.4. The maximum absolute atomic E-state index is 12.6. The maximum Gasteiger partial charge on any atom is 0.326 e. The number of aromatic amines is 1. The Bertz CT molecular complexity index is 1210. The van der Waals surface area contributed by atoms with Crippen molar-refractivity contribution in [3.63, 3.8) is 0 Å². The lowest BCUT2D eigenvalue weighted by Crippen LogP contribution is -2.40. The van der Waals surface area contributed by atoms with Gasteiger partial charge in [0, 0.05) is 24.0 Å². The van der Waals surface area contributed by atoms with Gasteiger partial charge in [0.05, 0.1) is 23.1 Å². The van der Waals surface area contributed by atoms with E-state index in [0.717, 1.165) is 61.8 Å². The topological polar surface area (TPSA) is 93.9 Å². The van der Waals surface area contributed by atoms with Crippen LogP contribution in [0, 0.1) is 11.3 Å². The monoisotopic (exact) mass is 421 g/mol. The smallest absolute Gasteiger partial charge is 0.315 e. The fourth-order valence-corrected chi connectivity index (χ4v) is 6.01. The van der Waals surface area contributed by atoms with Crippen LogP contribution in [-0.2, 0) is 17.6 Å². The Morgan fingerprint density at radius 3 is 2.87 bits per heavy atom. The molecule has 1 aliphatic heterocycles. The first-order chi connectivity index (χ1) is 14.6. The normalized spacial score (nSPS) is 17.2. The van der Waals surface area contributed by atoms with Crippen LogP contribution < -0.4 is 11.0 Å². The molecule has 1 aromatic carbocycles. The highest BCUT2D eigenvalue weighted by Crippen LogP contribution is 2.38. The van der Waals surface area contributed by atoms with Crippen molar-refractivity contribution in [2.45, 2.75) is 38.1 Å². The molecule has 2 aromatic heterocycles. The van der Waals surface area contributed by atoms with Gasteiger partial charge in [0.1, 0.15) is 11.1 Å². The number of nitriles is 1. The summed E-state index contributed by atoms with van der Waals surface area (Å²) < 4.78 is 1.86. The molecule has 2 aliphatic rings. The number of hydrogen-bond acceptors (Lipinski definition) is 5. The van der Waals surface area contributed by atoms with Gasteiger partial charge in [-0.05, 0) is 49.8 Å². The largest absolute Gasteiger partial charge is 0.326 e. The Morgan fingerprint density at radius 1 is 1.27 bits per heavy atom. The molecule has 5 rings (SSSR count). The number of H-pyrrole nitrogens is 1. The number of nitrogens with one attached hydrogen (secondary N) is 2. The molecular formula is C22H23N5O2S. The average Bonchev–Trinajstić information content (AvgIpc) is 3.40. The highest BCUT2D eigenvalue weighted by Gasteiger charge is 2.26. The number of imidazole rings is 1. The van der Waals surface area contributed by atoms with E-state index in [0.29, 0.717) is 17.1 Å². The lowest BCUT2D eigenvalue weighted by Gasteiger charge is -2.32. The molecular weight excluding hydrogens is 398 g/mol. The summed E-state index contributed by atoms with van der Waals surface area (Å²) in [7, 11) is 0. The third kappa shape index (κ3) is 3.34. The SMILES string of the molecule is N#Cc1c(NC(=O)CN2CCC(n3c(=O)[nH]c4ccccc43)CC2)sc2c1CCC2. The van der Waals surface area contributed by atoms with Crippen molar-refractivity contribution in [1.29, 1.82) is 5.26 Å². The third-order valence-corrected chi connectivity index (χ3v) is 7.41. The van der Waals surface area contributed by atoms with E-state index in [1.54, 1.807) is 11.3 Å². The van der Waals surface area contributed by atoms with Crippen LogP contribution in [0.2, 0.25) is 0 Å². The predicted molar refractivity (Wildman–Crippen MR) is 117 cm³/mol. The first kappa shape index (κ1) is 19.1. The molecule has 2 N–H and O–H groups in total. The number of hydrogen-bond donors (Lipinski definition) is 2. The number of aryl methyl sites for hydroxylation is 1. The quantitative estimate of drug-likeness (QED) is 0.677. The van der Waals surface area contributed by atoms with Crippen molar-refractivity contribution < 1.29 is 4.79 Å². The molecule has 3 heterocycles. The van der Waals surface area contributed by atoms with Crippen LogP contribution in [0.5, 0.6) is 0 Å². The summed E-state index contributed by atoms with van der Waals surface area (Å²) in [5.41, 5.74) is 3.51. The van der Waals surface area contributed by atoms with E-state index in [1.165, 1.54) is 4.88 Å². The van der Waals surface area contributed by atoms with E-state index in [1.807, 2.05) is 28.8 Å². The summed E-state index contributed by atoms with van der Waals surface area (Å²) in [6, 6.07) is 10.2. The number of benzene rings is 1. The summed E-state index contributed by atoms with van der Waals surface area (Å²) in [5.74, 6) is -0.0749. The number of rotatable bonds is 4. The highest BCUT2D eigenvalue weighted by molar-refractivity contribution is 7.16.